The van der Waals surface area contributed by atoms with E-state index in [1.807, 2.05) is 0 Å². The van der Waals surface area contributed by atoms with E-state index in [0.717, 1.165) is 11.8 Å². The predicted octanol–water partition coefficient (Wildman–Crippen LogP) is 3.43. The average Bonchev–Trinajstić information content (AvgIpc) is 2.85. The maximum absolute atomic E-state index is 13.6. The number of ether oxygens (including phenoxy) is 2. The van der Waals surface area contributed by atoms with Crippen molar-refractivity contribution in [3.05, 3.63) is 52.3 Å². The highest BCUT2D eigenvalue weighted by atomic mass is 35.5. The van der Waals surface area contributed by atoms with E-state index in [2.05, 4.69) is 16.0 Å². The molecule has 2 amide bonds. The van der Waals surface area contributed by atoms with Crippen LogP contribution in [0.4, 0.5) is 10.1 Å². The molecule has 3 saturated carbocycles. The van der Waals surface area contributed by atoms with Gasteiger partial charge >= 0.3 is 0 Å². The van der Waals surface area contributed by atoms with E-state index in [0.29, 0.717) is 49.4 Å². The molecule has 3 fully saturated rings. The summed E-state index contributed by atoms with van der Waals surface area (Å²) in [6, 6.07) is 9.11. The first kappa shape index (κ1) is 24.9. The quantitative estimate of drug-likeness (QED) is 0.449. The third-order valence-corrected chi connectivity index (χ3v) is 7.88. The lowest BCUT2D eigenvalue weighted by molar-refractivity contribution is -0.139. The summed E-state index contributed by atoms with van der Waals surface area (Å²) in [4.78, 5) is 25.6. The van der Waals surface area contributed by atoms with E-state index in [4.69, 9.17) is 32.7 Å². The van der Waals surface area contributed by atoms with Gasteiger partial charge in [-0.05, 0) is 62.4 Å². The Morgan fingerprint density at radius 1 is 1.14 bits per heavy atom. The number of hydrogen-bond acceptors (Lipinski definition) is 6. The second kappa shape index (κ2) is 9.61. The number of carbonyl (C=O) groups excluding carboxylic acids is 2. The van der Waals surface area contributed by atoms with Gasteiger partial charge in [-0.25, -0.2) is 4.39 Å². The molecule has 11 heteroatoms. The lowest BCUT2D eigenvalue weighted by Crippen LogP contribution is -2.71. The average molecular weight is 538 g/mol. The first-order chi connectivity index (χ1) is 17.2. The minimum Gasteiger partial charge on any atom is -0.484 e. The first-order valence-electron chi connectivity index (χ1n) is 11.8. The first-order valence-corrected chi connectivity index (χ1v) is 12.5. The van der Waals surface area contributed by atoms with Crippen LogP contribution in [0.15, 0.2) is 36.4 Å². The Morgan fingerprint density at radius 2 is 1.92 bits per heavy atom. The molecule has 2 atom stereocenters. The fourth-order valence-electron chi connectivity index (χ4n) is 5.32. The standard InChI is InChI=1S/C25H26Cl2FN3O5/c26-14-1-4-19-18(9-14)29-12-20(36-19)23(34)31-24-5-7-25(8-6-24,21(32)11-24)30-22(33)13-35-15-2-3-16(27)17(28)10-15/h1-4,9-10,20-21,29,32H,5-8,11-13H2,(H,30,33)(H,31,34)/t20-,21-,24?,25?/m0/s1. The van der Waals surface area contributed by atoms with Gasteiger partial charge in [0, 0.05) is 16.6 Å². The van der Waals surface area contributed by atoms with Gasteiger partial charge in [0.25, 0.3) is 11.8 Å². The highest BCUT2D eigenvalue weighted by molar-refractivity contribution is 6.31. The minimum atomic E-state index is -0.842. The van der Waals surface area contributed by atoms with Gasteiger partial charge in [0.1, 0.15) is 17.3 Å². The van der Waals surface area contributed by atoms with Crippen LogP contribution in [-0.2, 0) is 9.59 Å². The molecule has 192 valence electrons. The zero-order valence-electron chi connectivity index (χ0n) is 19.3. The van der Waals surface area contributed by atoms with Crippen LogP contribution in [-0.4, -0.2) is 53.4 Å². The number of amides is 2. The van der Waals surface area contributed by atoms with Gasteiger partial charge in [-0.15, -0.1) is 0 Å². The number of aliphatic hydroxyl groups excluding tert-OH is 1. The Hall–Kier alpha value is -2.75. The zero-order chi connectivity index (χ0) is 25.5. The van der Waals surface area contributed by atoms with Gasteiger partial charge < -0.3 is 30.5 Å². The Bertz CT molecular complexity index is 1190. The molecule has 1 aliphatic heterocycles. The Labute approximate surface area is 217 Å². The molecule has 2 aromatic carbocycles. The number of aliphatic hydroxyl groups is 1. The van der Waals surface area contributed by atoms with E-state index in [9.17, 15) is 19.1 Å². The second-order valence-corrected chi connectivity index (χ2v) is 10.5. The molecule has 3 aliphatic carbocycles. The van der Waals surface area contributed by atoms with Crippen LogP contribution < -0.4 is 25.4 Å². The lowest BCUT2D eigenvalue weighted by Gasteiger charge is -2.56. The summed E-state index contributed by atoms with van der Waals surface area (Å²) in [6.07, 6.45) is 0.965. The lowest BCUT2D eigenvalue weighted by atomic mass is 9.60. The summed E-state index contributed by atoms with van der Waals surface area (Å²) < 4.78 is 24.8. The summed E-state index contributed by atoms with van der Waals surface area (Å²) in [5, 5.41) is 20.7. The minimum absolute atomic E-state index is 0.0326. The molecule has 2 bridgehead atoms. The highest BCUT2D eigenvalue weighted by Crippen LogP contribution is 2.47. The molecule has 4 N–H and O–H groups in total. The zero-order valence-corrected chi connectivity index (χ0v) is 20.8. The van der Waals surface area contributed by atoms with E-state index in [-0.39, 0.29) is 23.3 Å². The van der Waals surface area contributed by atoms with Crippen molar-refractivity contribution in [3.8, 4) is 11.5 Å². The topological polar surface area (TPSA) is 109 Å². The molecule has 0 unspecified atom stereocenters. The molecule has 36 heavy (non-hydrogen) atoms. The van der Waals surface area contributed by atoms with Crippen LogP contribution in [0.2, 0.25) is 10.0 Å². The van der Waals surface area contributed by atoms with Crippen molar-refractivity contribution in [3.63, 3.8) is 0 Å². The fourth-order valence-corrected chi connectivity index (χ4v) is 5.61. The van der Waals surface area contributed by atoms with Crippen molar-refractivity contribution in [2.45, 2.75) is 55.4 Å². The van der Waals surface area contributed by atoms with Crippen LogP contribution >= 0.6 is 23.2 Å². The van der Waals surface area contributed by atoms with Crippen molar-refractivity contribution in [2.75, 3.05) is 18.5 Å². The number of benzene rings is 2. The molecular weight excluding hydrogens is 512 g/mol. The summed E-state index contributed by atoms with van der Waals surface area (Å²) in [7, 11) is 0. The molecule has 2 aromatic rings. The predicted molar refractivity (Wildman–Crippen MR) is 132 cm³/mol. The maximum Gasteiger partial charge on any atom is 0.263 e. The Kier molecular flexibility index (Phi) is 6.65. The molecule has 0 aromatic heterocycles. The van der Waals surface area contributed by atoms with Crippen LogP contribution in [0, 0.1) is 5.82 Å². The molecule has 0 saturated heterocycles. The third-order valence-electron chi connectivity index (χ3n) is 7.34. The van der Waals surface area contributed by atoms with E-state index < -0.39 is 35.0 Å². The normalized spacial score (nSPS) is 28.3. The number of nitrogens with one attached hydrogen (secondary N) is 3. The third kappa shape index (κ3) is 4.92. The number of carbonyl (C=O) groups is 2. The summed E-state index contributed by atoms with van der Waals surface area (Å²) in [5.41, 5.74) is -0.621. The number of fused-ring (bicyclic) bond motifs is 4. The molecule has 0 radical (unpaired) electrons. The van der Waals surface area contributed by atoms with E-state index in [1.54, 1.807) is 18.2 Å². The monoisotopic (exact) mass is 537 g/mol. The van der Waals surface area contributed by atoms with Crippen molar-refractivity contribution in [2.24, 2.45) is 0 Å². The number of hydrogen-bond donors (Lipinski definition) is 4. The summed E-state index contributed by atoms with van der Waals surface area (Å²) in [6.45, 7) is -0.0224. The molecule has 8 nitrogen and oxygen atoms in total. The number of anilines is 1. The van der Waals surface area contributed by atoms with Crippen molar-refractivity contribution < 1.29 is 28.6 Å². The summed E-state index contributed by atoms with van der Waals surface area (Å²) in [5.74, 6) is -0.560. The van der Waals surface area contributed by atoms with Crippen molar-refractivity contribution in [1.29, 1.82) is 0 Å². The number of halogens is 3. The smallest absolute Gasteiger partial charge is 0.263 e. The Morgan fingerprint density at radius 3 is 2.64 bits per heavy atom. The molecule has 1 heterocycles. The SMILES string of the molecule is O=C(COc1ccc(Cl)c(F)c1)NC12CCC(NC(=O)[C@@H]3CNc4cc(Cl)ccc4O3)(CC1)C[C@@H]2O. The van der Waals surface area contributed by atoms with Crippen LogP contribution in [0.1, 0.15) is 32.1 Å². The van der Waals surface area contributed by atoms with Crippen LogP contribution in [0.25, 0.3) is 0 Å². The Balaban J connectivity index is 1.16. The second-order valence-electron chi connectivity index (χ2n) is 9.69. The van der Waals surface area contributed by atoms with Gasteiger partial charge in [-0.2, -0.15) is 0 Å². The molecule has 4 aliphatic rings. The van der Waals surface area contributed by atoms with Gasteiger partial charge in [0.15, 0.2) is 12.7 Å². The largest absolute Gasteiger partial charge is 0.484 e. The summed E-state index contributed by atoms with van der Waals surface area (Å²) >= 11 is 11.7. The van der Waals surface area contributed by atoms with Crippen molar-refractivity contribution >= 4 is 40.7 Å². The van der Waals surface area contributed by atoms with Crippen LogP contribution in [0.5, 0.6) is 11.5 Å². The van der Waals surface area contributed by atoms with Gasteiger partial charge in [-0.3, -0.25) is 9.59 Å². The van der Waals surface area contributed by atoms with Crippen LogP contribution in [0.3, 0.4) is 0 Å². The van der Waals surface area contributed by atoms with Crippen molar-refractivity contribution in [1.82, 2.24) is 10.6 Å². The maximum atomic E-state index is 13.6. The molecule has 6 rings (SSSR count). The fraction of sp³-hybridized carbons (Fsp3) is 0.440. The molecule has 0 spiro atoms. The van der Waals surface area contributed by atoms with E-state index >= 15 is 0 Å². The van der Waals surface area contributed by atoms with Gasteiger partial charge in [0.2, 0.25) is 0 Å². The van der Waals surface area contributed by atoms with Gasteiger partial charge in [0.05, 0.1) is 28.9 Å². The highest BCUT2D eigenvalue weighted by Gasteiger charge is 2.55. The van der Waals surface area contributed by atoms with E-state index in [1.165, 1.54) is 12.1 Å². The molecular formula is C25H26Cl2FN3O5. The number of rotatable bonds is 6. The van der Waals surface area contributed by atoms with Gasteiger partial charge in [-0.1, -0.05) is 23.2 Å².